The number of methoxy groups -OCH3 is 1. The van der Waals surface area contributed by atoms with Crippen LogP contribution < -0.4 is 4.74 Å². The summed E-state index contributed by atoms with van der Waals surface area (Å²) in [4.78, 5) is 24.7. The number of carbonyl (C=O) groups is 1. The van der Waals surface area contributed by atoms with E-state index in [0.717, 1.165) is 33.7 Å². The van der Waals surface area contributed by atoms with E-state index >= 15 is 0 Å². The number of ether oxygens (including phenoxy) is 2. The van der Waals surface area contributed by atoms with Crippen molar-refractivity contribution in [1.29, 1.82) is 0 Å². The van der Waals surface area contributed by atoms with Gasteiger partial charge in [-0.05, 0) is 61.7 Å². The number of hydrogen-bond donors (Lipinski definition) is 1. The number of aromatic amines is 1. The van der Waals surface area contributed by atoms with Gasteiger partial charge in [0.05, 0.1) is 36.2 Å². The predicted octanol–water partition coefficient (Wildman–Crippen LogP) is 4.05. The lowest BCUT2D eigenvalue weighted by atomic mass is 10.0. The molecule has 4 rings (SSSR count). The third-order valence-electron chi connectivity index (χ3n) is 6.42. The minimum atomic E-state index is -3.88. The highest BCUT2D eigenvalue weighted by Crippen LogP contribution is 2.24. The summed E-state index contributed by atoms with van der Waals surface area (Å²) >= 11 is 0. The summed E-state index contributed by atoms with van der Waals surface area (Å²) in [6, 6.07) is 15.3. The van der Waals surface area contributed by atoms with Crippen LogP contribution in [-0.4, -0.2) is 60.5 Å². The van der Waals surface area contributed by atoms with Gasteiger partial charge in [0.25, 0.3) is 0 Å². The predicted molar refractivity (Wildman–Crippen MR) is 145 cm³/mol. The number of nitrogens with zero attached hydrogens (tertiary/aromatic N) is 3. The van der Waals surface area contributed by atoms with Crippen molar-refractivity contribution in [3.63, 3.8) is 0 Å². The molecule has 0 fully saturated rings. The molecular weight excluding hydrogens is 504 g/mol. The molecular formula is C28H32N4O5S. The van der Waals surface area contributed by atoms with E-state index in [1.54, 1.807) is 44.5 Å². The Morgan fingerprint density at radius 3 is 2.39 bits per heavy atom. The van der Waals surface area contributed by atoms with Crippen molar-refractivity contribution < 1.29 is 22.7 Å². The second-order valence-electron chi connectivity index (χ2n) is 9.03. The smallest absolute Gasteiger partial charge is 0.307 e. The van der Waals surface area contributed by atoms with E-state index in [2.05, 4.69) is 15.0 Å². The molecule has 1 unspecified atom stereocenters. The van der Waals surface area contributed by atoms with Gasteiger partial charge in [-0.2, -0.15) is 4.31 Å². The molecule has 0 aliphatic heterocycles. The van der Waals surface area contributed by atoms with Gasteiger partial charge in [-0.3, -0.25) is 9.78 Å². The fourth-order valence-corrected chi connectivity index (χ4v) is 5.71. The van der Waals surface area contributed by atoms with Gasteiger partial charge in [-0.1, -0.05) is 24.3 Å². The van der Waals surface area contributed by atoms with Crippen molar-refractivity contribution >= 4 is 27.0 Å². The average Bonchev–Trinajstić information content (AvgIpc) is 3.30. The van der Waals surface area contributed by atoms with Gasteiger partial charge in [0, 0.05) is 25.7 Å². The minimum absolute atomic E-state index is 0.0631. The Morgan fingerprint density at radius 1 is 1.05 bits per heavy atom. The Labute approximate surface area is 222 Å². The van der Waals surface area contributed by atoms with Gasteiger partial charge in [0.2, 0.25) is 10.0 Å². The first kappa shape index (κ1) is 27.3. The van der Waals surface area contributed by atoms with E-state index in [4.69, 9.17) is 9.47 Å². The molecule has 2 aromatic carbocycles. The molecule has 2 aromatic heterocycles. The highest BCUT2D eigenvalue weighted by molar-refractivity contribution is 7.89. The molecule has 10 heteroatoms. The van der Waals surface area contributed by atoms with E-state index in [0.29, 0.717) is 18.6 Å². The quantitative estimate of drug-likeness (QED) is 0.288. The van der Waals surface area contributed by atoms with Gasteiger partial charge >= 0.3 is 5.97 Å². The number of benzene rings is 2. The van der Waals surface area contributed by atoms with Gasteiger partial charge in [-0.15, -0.1) is 0 Å². The van der Waals surface area contributed by atoms with Crippen LogP contribution >= 0.6 is 0 Å². The van der Waals surface area contributed by atoms with Crippen molar-refractivity contribution in [2.24, 2.45) is 0 Å². The molecule has 4 aromatic rings. The number of nitrogens with one attached hydrogen (secondary N) is 1. The van der Waals surface area contributed by atoms with Crippen LogP contribution in [-0.2, 0) is 32.4 Å². The average molecular weight is 537 g/mol. The maximum absolute atomic E-state index is 13.6. The number of esters is 1. The Morgan fingerprint density at radius 2 is 1.74 bits per heavy atom. The van der Waals surface area contributed by atoms with Crippen LogP contribution in [0.1, 0.15) is 36.0 Å². The number of aromatic nitrogens is 3. The second-order valence-corrected chi connectivity index (χ2v) is 11.0. The lowest BCUT2D eigenvalue weighted by molar-refractivity contribution is -0.144. The van der Waals surface area contributed by atoms with Gasteiger partial charge in [0.1, 0.15) is 17.1 Å². The molecule has 0 aliphatic carbocycles. The first-order chi connectivity index (χ1) is 18.2. The Balaban J connectivity index is 1.55. The van der Waals surface area contributed by atoms with Gasteiger partial charge < -0.3 is 14.5 Å². The molecule has 0 amide bonds. The summed E-state index contributed by atoms with van der Waals surface area (Å²) < 4.78 is 38.8. The minimum Gasteiger partial charge on any atom is -0.497 e. The second kappa shape index (κ2) is 11.7. The van der Waals surface area contributed by atoms with Crippen LogP contribution in [0.4, 0.5) is 0 Å². The Bertz CT molecular complexity index is 1500. The maximum atomic E-state index is 13.6. The van der Waals surface area contributed by atoms with Crippen LogP contribution in [0.2, 0.25) is 0 Å². The highest BCUT2D eigenvalue weighted by Gasteiger charge is 2.30. The van der Waals surface area contributed by atoms with E-state index in [-0.39, 0.29) is 17.9 Å². The molecule has 1 atom stereocenters. The van der Waals surface area contributed by atoms with Crippen LogP contribution in [0.5, 0.6) is 5.75 Å². The van der Waals surface area contributed by atoms with Crippen molar-refractivity contribution in [2.75, 3.05) is 20.8 Å². The number of hydrogen-bond acceptors (Lipinski definition) is 7. The zero-order valence-corrected chi connectivity index (χ0v) is 22.8. The van der Waals surface area contributed by atoms with E-state index in [9.17, 15) is 13.2 Å². The SMILES string of the molecule is CCOC(=O)CC(Cc1ccc(OC)cc1)N(C)S(=O)(=O)c1ccc(Cc2nccc3[nH]c(C)nc23)cc1. The Hall–Kier alpha value is -3.76. The number of fused-ring (bicyclic) bond motifs is 1. The first-order valence-corrected chi connectivity index (χ1v) is 13.8. The summed E-state index contributed by atoms with van der Waals surface area (Å²) in [7, 11) is -0.801. The third kappa shape index (κ3) is 6.20. The monoisotopic (exact) mass is 536 g/mol. The van der Waals surface area contributed by atoms with Gasteiger partial charge in [0.15, 0.2) is 0 Å². The summed E-state index contributed by atoms with van der Waals surface area (Å²) in [5.41, 5.74) is 4.33. The van der Waals surface area contributed by atoms with Crippen molar-refractivity contribution in [1.82, 2.24) is 19.3 Å². The molecule has 9 nitrogen and oxygen atoms in total. The van der Waals surface area contributed by atoms with Gasteiger partial charge in [-0.25, -0.2) is 13.4 Å². The van der Waals surface area contributed by atoms with Crippen molar-refractivity contribution in [3.8, 4) is 5.75 Å². The lowest BCUT2D eigenvalue weighted by Gasteiger charge is -2.27. The fourth-order valence-electron chi connectivity index (χ4n) is 4.35. The normalized spacial score (nSPS) is 12.6. The number of imidazole rings is 1. The molecule has 0 radical (unpaired) electrons. The van der Waals surface area contributed by atoms with E-state index in [1.165, 1.54) is 11.4 Å². The highest BCUT2D eigenvalue weighted by atomic mass is 32.2. The van der Waals surface area contributed by atoms with E-state index < -0.39 is 22.0 Å². The van der Waals surface area contributed by atoms with Crippen LogP contribution in [0.25, 0.3) is 11.0 Å². The maximum Gasteiger partial charge on any atom is 0.307 e. The summed E-state index contributed by atoms with van der Waals surface area (Å²) in [5.74, 6) is 1.06. The molecule has 38 heavy (non-hydrogen) atoms. The number of pyridine rings is 1. The van der Waals surface area contributed by atoms with Crippen molar-refractivity contribution in [3.05, 3.63) is 83.4 Å². The number of rotatable bonds is 11. The van der Waals surface area contributed by atoms with Crippen LogP contribution in [0, 0.1) is 6.92 Å². The third-order valence-corrected chi connectivity index (χ3v) is 8.34. The Kier molecular flexibility index (Phi) is 8.43. The standard InChI is InChI=1S/C28H32N4O5S/c1-5-37-27(33)18-22(16-20-6-10-23(36-4)11-7-20)32(3)38(34,35)24-12-8-21(9-13-24)17-26-28-25(14-15-29-26)30-19(2)31-28/h6-15,22H,5,16-18H2,1-4H3,(H,30,31). The fraction of sp³-hybridized carbons (Fsp3) is 0.321. The summed E-state index contributed by atoms with van der Waals surface area (Å²) in [6.45, 7) is 3.85. The summed E-state index contributed by atoms with van der Waals surface area (Å²) in [6.07, 6.45) is 2.53. The molecule has 200 valence electrons. The lowest BCUT2D eigenvalue weighted by Crippen LogP contribution is -2.40. The largest absolute Gasteiger partial charge is 0.497 e. The number of carbonyl (C=O) groups excluding carboxylic acids is 1. The number of likely N-dealkylation sites (N-methyl/N-ethyl adjacent to an activating group) is 1. The molecule has 0 aliphatic rings. The molecule has 0 bridgehead atoms. The number of H-pyrrole nitrogens is 1. The van der Waals surface area contributed by atoms with Crippen LogP contribution in [0.3, 0.4) is 0 Å². The molecule has 2 heterocycles. The summed E-state index contributed by atoms with van der Waals surface area (Å²) in [5, 5.41) is 0. The van der Waals surface area contributed by atoms with Crippen molar-refractivity contribution in [2.45, 2.75) is 44.0 Å². The molecule has 0 saturated carbocycles. The first-order valence-electron chi connectivity index (χ1n) is 12.4. The molecule has 0 spiro atoms. The number of sulfonamides is 1. The van der Waals surface area contributed by atoms with E-state index in [1.807, 2.05) is 37.3 Å². The zero-order valence-electron chi connectivity index (χ0n) is 22.0. The number of aryl methyl sites for hydroxylation is 1. The molecule has 0 saturated heterocycles. The molecule has 1 N–H and O–H groups in total. The zero-order chi connectivity index (χ0) is 27.3. The van der Waals surface area contributed by atoms with Crippen LogP contribution in [0.15, 0.2) is 65.7 Å². The topological polar surface area (TPSA) is 114 Å².